The number of halogens is 1. The minimum atomic E-state index is -1.16. The second kappa shape index (κ2) is 7.64. The third kappa shape index (κ3) is 3.17. The van der Waals surface area contributed by atoms with Crippen molar-refractivity contribution in [3.8, 4) is 0 Å². The van der Waals surface area contributed by atoms with E-state index in [0.29, 0.717) is 18.3 Å². The Balaban J connectivity index is 1.59. The van der Waals surface area contributed by atoms with Crippen LogP contribution in [0.25, 0.3) is 0 Å². The number of hydrogen-bond donors (Lipinski definition) is 0. The van der Waals surface area contributed by atoms with E-state index in [1.165, 1.54) is 30.3 Å². The molecule has 3 aliphatic rings. The van der Waals surface area contributed by atoms with Crippen molar-refractivity contribution in [1.82, 2.24) is 4.90 Å². The Morgan fingerprint density at radius 1 is 1.10 bits per heavy atom. The van der Waals surface area contributed by atoms with Crippen LogP contribution in [0.3, 0.4) is 0 Å². The van der Waals surface area contributed by atoms with Crippen LogP contribution < -0.4 is 9.80 Å². The summed E-state index contributed by atoms with van der Waals surface area (Å²) < 4.78 is 13.6. The Labute approximate surface area is 186 Å². The second-order valence-corrected chi connectivity index (χ2v) is 10.3. The summed E-state index contributed by atoms with van der Waals surface area (Å²) in [4.78, 5) is 32.0. The van der Waals surface area contributed by atoms with E-state index in [9.17, 15) is 14.0 Å². The van der Waals surface area contributed by atoms with E-state index in [1.54, 1.807) is 17.0 Å². The van der Waals surface area contributed by atoms with Gasteiger partial charge in [-0.1, -0.05) is 25.1 Å². The molecule has 0 aliphatic carbocycles. The van der Waals surface area contributed by atoms with Gasteiger partial charge in [0.1, 0.15) is 5.82 Å². The zero-order chi connectivity index (χ0) is 21.8. The Morgan fingerprint density at radius 3 is 2.58 bits per heavy atom. The summed E-state index contributed by atoms with van der Waals surface area (Å²) in [5.41, 5.74) is 2.23. The zero-order valence-electron chi connectivity index (χ0n) is 17.8. The minimum Gasteiger partial charge on any atom is -0.295 e. The number of nitrogens with zero attached hydrogens (tertiary/aromatic N) is 3. The average Bonchev–Trinajstić information content (AvgIpc) is 3.15. The summed E-state index contributed by atoms with van der Waals surface area (Å²) >= 11 is 1.38. The van der Waals surface area contributed by atoms with Crippen LogP contribution in [0.2, 0.25) is 0 Å². The molecule has 162 valence electrons. The summed E-state index contributed by atoms with van der Waals surface area (Å²) in [7, 11) is 0. The van der Waals surface area contributed by atoms with Crippen molar-refractivity contribution < 1.29 is 14.0 Å². The number of anilines is 2. The van der Waals surface area contributed by atoms with Gasteiger partial charge in [-0.3, -0.25) is 24.3 Å². The lowest BCUT2D eigenvalue weighted by atomic mass is 10.0. The van der Waals surface area contributed by atoms with Crippen molar-refractivity contribution in [2.24, 2.45) is 5.92 Å². The highest BCUT2D eigenvalue weighted by molar-refractivity contribution is 8.03. The molecule has 0 bridgehead atoms. The molecule has 2 saturated heterocycles. The molecule has 2 aromatic rings. The highest BCUT2D eigenvalue weighted by Gasteiger charge is 2.63. The molecular formula is C24H26FN3O2S. The molecule has 0 aromatic heterocycles. The standard InChI is InChI=1S/C24H26FN3O2S/c1-16-6-5-13-26(14-16)15-27-21-8-4-3-7-20(21)24(23(27)30)28(22(29)17(2)31-24)19-11-9-18(25)10-12-19/h3-4,7-12,16-17H,5-6,13-15H2,1-2H3. The first-order valence-corrected chi connectivity index (χ1v) is 11.7. The maximum Gasteiger partial charge on any atom is 0.269 e. The van der Waals surface area contributed by atoms with E-state index in [2.05, 4.69) is 11.8 Å². The number of amides is 2. The summed E-state index contributed by atoms with van der Waals surface area (Å²) in [6, 6.07) is 13.6. The number of fused-ring (bicyclic) bond motifs is 2. The highest BCUT2D eigenvalue weighted by atomic mass is 32.2. The van der Waals surface area contributed by atoms with E-state index in [4.69, 9.17) is 0 Å². The quantitative estimate of drug-likeness (QED) is 0.720. The van der Waals surface area contributed by atoms with Crippen LogP contribution in [0.1, 0.15) is 32.3 Å². The maximum atomic E-state index is 14.1. The summed E-state index contributed by atoms with van der Waals surface area (Å²) in [5, 5.41) is -0.378. The monoisotopic (exact) mass is 439 g/mol. The molecule has 3 aliphatic heterocycles. The first-order chi connectivity index (χ1) is 14.9. The molecule has 0 radical (unpaired) electrons. The van der Waals surface area contributed by atoms with E-state index < -0.39 is 4.87 Å². The van der Waals surface area contributed by atoms with Crippen molar-refractivity contribution in [3.05, 3.63) is 59.9 Å². The van der Waals surface area contributed by atoms with Crippen molar-refractivity contribution in [2.45, 2.75) is 36.8 Å². The maximum absolute atomic E-state index is 14.1. The third-order valence-corrected chi connectivity index (χ3v) is 7.97. The van der Waals surface area contributed by atoms with Crippen LogP contribution in [0, 0.1) is 11.7 Å². The van der Waals surface area contributed by atoms with Gasteiger partial charge in [-0.15, -0.1) is 11.8 Å². The Kier molecular flexibility index (Phi) is 5.06. The van der Waals surface area contributed by atoms with E-state index >= 15 is 0 Å². The lowest BCUT2D eigenvalue weighted by molar-refractivity contribution is -0.124. The summed E-state index contributed by atoms with van der Waals surface area (Å²) in [6.07, 6.45) is 2.34. The summed E-state index contributed by atoms with van der Waals surface area (Å²) in [6.45, 7) is 6.53. The van der Waals surface area contributed by atoms with E-state index in [0.717, 1.165) is 30.8 Å². The molecule has 3 atom stereocenters. The highest BCUT2D eigenvalue weighted by Crippen LogP contribution is 2.57. The molecular weight excluding hydrogens is 413 g/mol. The molecule has 5 nitrogen and oxygen atoms in total. The summed E-state index contributed by atoms with van der Waals surface area (Å²) in [5.74, 6) is 0.00475. The number of hydrogen-bond acceptors (Lipinski definition) is 4. The molecule has 2 aromatic carbocycles. The topological polar surface area (TPSA) is 43.9 Å². The average molecular weight is 440 g/mol. The molecule has 31 heavy (non-hydrogen) atoms. The largest absolute Gasteiger partial charge is 0.295 e. The van der Waals surface area contributed by atoms with Gasteiger partial charge >= 0.3 is 0 Å². The fourth-order valence-electron chi connectivity index (χ4n) is 5.08. The van der Waals surface area contributed by atoms with Crippen molar-refractivity contribution in [1.29, 1.82) is 0 Å². The number of likely N-dealkylation sites (tertiary alicyclic amines) is 1. The van der Waals surface area contributed by atoms with Gasteiger partial charge in [0.2, 0.25) is 10.8 Å². The van der Waals surface area contributed by atoms with E-state index in [1.807, 2.05) is 36.1 Å². The second-order valence-electron chi connectivity index (χ2n) is 8.77. The number of piperidine rings is 1. The van der Waals surface area contributed by atoms with Gasteiger partial charge in [0.25, 0.3) is 5.91 Å². The van der Waals surface area contributed by atoms with Gasteiger partial charge in [-0.25, -0.2) is 4.39 Å². The number of rotatable bonds is 3. The zero-order valence-corrected chi connectivity index (χ0v) is 18.6. The first-order valence-electron chi connectivity index (χ1n) is 10.8. The van der Waals surface area contributed by atoms with Gasteiger partial charge in [0.05, 0.1) is 17.6 Å². The lowest BCUT2D eigenvalue weighted by Gasteiger charge is -2.36. The predicted octanol–water partition coefficient (Wildman–Crippen LogP) is 4.18. The van der Waals surface area contributed by atoms with Gasteiger partial charge < -0.3 is 0 Å². The fourth-order valence-corrected chi connectivity index (χ4v) is 6.61. The first kappa shape index (κ1) is 20.5. The van der Waals surface area contributed by atoms with E-state index in [-0.39, 0.29) is 22.9 Å². The SMILES string of the molecule is CC1CCCN(CN2C(=O)C3(SC(C)C(=O)N3c3ccc(F)cc3)c3ccccc32)C1. The molecule has 2 amide bonds. The normalized spacial score (nSPS) is 28.6. The van der Waals surface area contributed by atoms with Crippen LogP contribution in [0.5, 0.6) is 0 Å². The molecule has 7 heteroatoms. The number of thioether (sulfide) groups is 1. The lowest BCUT2D eigenvalue weighted by Crippen LogP contribution is -2.52. The van der Waals surface area contributed by atoms with Gasteiger partial charge in [-0.05, 0) is 62.6 Å². The van der Waals surface area contributed by atoms with Crippen molar-refractivity contribution >= 4 is 35.0 Å². The Bertz CT molecular complexity index is 1030. The molecule has 0 saturated carbocycles. The van der Waals surface area contributed by atoms with Crippen molar-refractivity contribution in [2.75, 3.05) is 29.6 Å². The van der Waals surface area contributed by atoms with Crippen molar-refractivity contribution in [3.63, 3.8) is 0 Å². The Morgan fingerprint density at radius 2 is 1.84 bits per heavy atom. The molecule has 3 unspecified atom stereocenters. The fraction of sp³-hybridized carbons (Fsp3) is 0.417. The number of para-hydroxylation sites is 1. The number of benzene rings is 2. The molecule has 5 rings (SSSR count). The predicted molar refractivity (Wildman–Crippen MR) is 121 cm³/mol. The van der Waals surface area contributed by atoms with Crippen LogP contribution in [-0.4, -0.2) is 41.7 Å². The Hall–Kier alpha value is -2.38. The van der Waals surface area contributed by atoms with Crippen LogP contribution >= 0.6 is 11.8 Å². The number of carbonyl (C=O) groups is 2. The minimum absolute atomic E-state index is 0.0982. The molecule has 3 heterocycles. The van der Waals surface area contributed by atoms with Crippen LogP contribution in [-0.2, 0) is 14.5 Å². The number of carbonyl (C=O) groups excluding carboxylic acids is 2. The molecule has 1 spiro atoms. The van der Waals surface area contributed by atoms with Gasteiger partial charge in [-0.2, -0.15) is 0 Å². The third-order valence-electron chi connectivity index (χ3n) is 6.49. The van der Waals surface area contributed by atoms with Crippen LogP contribution in [0.4, 0.5) is 15.8 Å². The van der Waals surface area contributed by atoms with Gasteiger partial charge in [0.15, 0.2) is 0 Å². The van der Waals surface area contributed by atoms with Crippen LogP contribution in [0.15, 0.2) is 48.5 Å². The van der Waals surface area contributed by atoms with Gasteiger partial charge in [0, 0.05) is 17.8 Å². The smallest absolute Gasteiger partial charge is 0.269 e. The molecule has 0 N–H and O–H groups in total. The molecule has 2 fully saturated rings.